The van der Waals surface area contributed by atoms with E-state index in [1.54, 1.807) is 12.1 Å². The molecule has 4 nitrogen and oxygen atoms in total. The van der Waals surface area contributed by atoms with Crippen LogP contribution in [0.4, 0.5) is 0 Å². The van der Waals surface area contributed by atoms with Crippen LogP contribution in [0.1, 0.15) is 35.2 Å². The lowest BCUT2D eigenvalue weighted by atomic mass is 10.1. The molecular formula is C16H22N2O2. The Morgan fingerprint density at radius 1 is 1.15 bits per heavy atom. The van der Waals surface area contributed by atoms with Gasteiger partial charge in [-0.15, -0.1) is 0 Å². The molecule has 2 fully saturated rings. The Labute approximate surface area is 120 Å². The van der Waals surface area contributed by atoms with Crippen molar-refractivity contribution < 1.29 is 9.90 Å². The van der Waals surface area contributed by atoms with Gasteiger partial charge in [-0.2, -0.15) is 0 Å². The maximum Gasteiger partial charge on any atom is 0.335 e. The summed E-state index contributed by atoms with van der Waals surface area (Å²) in [6.07, 6.45) is 3.98. The van der Waals surface area contributed by atoms with E-state index >= 15 is 0 Å². The predicted molar refractivity (Wildman–Crippen MR) is 77.9 cm³/mol. The normalized spacial score (nSPS) is 24.3. The van der Waals surface area contributed by atoms with E-state index < -0.39 is 5.97 Å². The van der Waals surface area contributed by atoms with Crippen LogP contribution < -0.4 is 0 Å². The van der Waals surface area contributed by atoms with Gasteiger partial charge in [0.15, 0.2) is 0 Å². The highest BCUT2D eigenvalue weighted by Crippen LogP contribution is 2.21. The Morgan fingerprint density at radius 2 is 1.85 bits per heavy atom. The Hall–Kier alpha value is -1.39. The monoisotopic (exact) mass is 274 g/mol. The number of hydrogen-bond acceptors (Lipinski definition) is 3. The fourth-order valence-corrected chi connectivity index (χ4v) is 3.37. The maximum absolute atomic E-state index is 10.8. The average molecular weight is 274 g/mol. The minimum atomic E-state index is -0.855. The average Bonchev–Trinajstić information content (AvgIpc) is 3.09. The third kappa shape index (κ3) is 3.02. The largest absolute Gasteiger partial charge is 0.478 e. The van der Waals surface area contributed by atoms with Crippen molar-refractivity contribution >= 4 is 5.97 Å². The van der Waals surface area contributed by atoms with Gasteiger partial charge in [-0.25, -0.2) is 4.79 Å². The summed E-state index contributed by atoms with van der Waals surface area (Å²) in [5, 5.41) is 8.90. The Bertz CT molecular complexity index is 466. The van der Waals surface area contributed by atoms with E-state index in [0.717, 1.165) is 25.7 Å². The number of nitrogens with zero attached hydrogens (tertiary/aromatic N) is 2. The van der Waals surface area contributed by atoms with Crippen LogP contribution in [0.25, 0.3) is 0 Å². The van der Waals surface area contributed by atoms with Crippen LogP contribution in [0.3, 0.4) is 0 Å². The van der Waals surface area contributed by atoms with E-state index in [4.69, 9.17) is 5.11 Å². The minimum absolute atomic E-state index is 0.366. The minimum Gasteiger partial charge on any atom is -0.478 e. The van der Waals surface area contributed by atoms with E-state index in [1.807, 2.05) is 12.1 Å². The molecule has 0 amide bonds. The van der Waals surface area contributed by atoms with Crippen molar-refractivity contribution in [3.63, 3.8) is 0 Å². The van der Waals surface area contributed by atoms with Gasteiger partial charge in [0.2, 0.25) is 0 Å². The molecule has 2 saturated heterocycles. The molecule has 1 N–H and O–H groups in total. The number of carboxylic acid groups (broad SMARTS) is 1. The number of likely N-dealkylation sites (tertiary alicyclic amines) is 2. The molecule has 4 heteroatoms. The Morgan fingerprint density at radius 3 is 2.50 bits per heavy atom. The summed E-state index contributed by atoms with van der Waals surface area (Å²) in [7, 11) is 0. The van der Waals surface area contributed by atoms with Crippen LogP contribution >= 0.6 is 0 Å². The van der Waals surface area contributed by atoms with Gasteiger partial charge < -0.3 is 5.11 Å². The van der Waals surface area contributed by atoms with Crippen LogP contribution in [0.2, 0.25) is 0 Å². The highest BCUT2D eigenvalue weighted by Gasteiger charge is 2.28. The van der Waals surface area contributed by atoms with Gasteiger partial charge in [-0.3, -0.25) is 9.80 Å². The van der Waals surface area contributed by atoms with E-state index in [0.29, 0.717) is 5.56 Å². The van der Waals surface area contributed by atoms with Crippen molar-refractivity contribution in [2.75, 3.05) is 26.2 Å². The fourth-order valence-electron chi connectivity index (χ4n) is 3.37. The van der Waals surface area contributed by atoms with Crippen molar-refractivity contribution in [2.45, 2.75) is 31.8 Å². The van der Waals surface area contributed by atoms with Gasteiger partial charge in [0.05, 0.1) is 5.56 Å². The first-order valence-corrected chi connectivity index (χ1v) is 7.51. The molecule has 0 aliphatic carbocycles. The van der Waals surface area contributed by atoms with Crippen LogP contribution in [-0.2, 0) is 6.54 Å². The molecule has 1 aromatic rings. The zero-order chi connectivity index (χ0) is 13.9. The van der Waals surface area contributed by atoms with Gasteiger partial charge in [0, 0.05) is 25.7 Å². The topological polar surface area (TPSA) is 43.8 Å². The molecule has 0 spiro atoms. The standard InChI is InChI=1S/C16H22N2O2/c19-16(20)14-5-3-13(4-6-14)11-17-10-7-15(12-17)18-8-1-2-9-18/h3-6,15H,1-2,7-12H2,(H,19,20). The van der Waals surface area contributed by atoms with Gasteiger partial charge in [-0.1, -0.05) is 12.1 Å². The number of rotatable bonds is 4. The summed E-state index contributed by atoms with van der Waals surface area (Å²) in [5.74, 6) is -0.855. The highest BCUT2D eigenvalue weighted by molar-refractivity contribution is 5.87. The number of hydrogen-bond donors (Lipinski definition) is 1. The molecule has 20 heavy (non-hydrogen) atoms. The van der Waals surface area contributed by atoms with E-state index in [9.17, 15) is 4.79 Å². The van der Waals surface area contributed by atoms with Crippen molar-refractivity contribution in [3.8, 4) is 0 Å². The summed E-state index contributed by atoms with van der Waals surface area (Å²) in [6, 6.07) is 8.01. The van der Waals surface area contributed by atoms with Crippen LogP contribution in [0, 0.1) is 0 Å². The van der Waals surface area contributed by atoms with Crippen molar-refractivity contribution in [2.24, 2.45) is 0 Å². The second-order valence-corrected chi connectivity index (χ2v) is 5.92. The lowest BCUT2D eigenvalue weighted by Gasteiger charge is -2.23. The molecule has 0 bridgehead atoms. The summed E-state index contributed by atoms with van der Waals surface area (Å²) in [6.45, 7) is 5.78. The lowest BCUT2D eigenvalue weighted by molar-refractivity contribution is 0.0697. The third-order valence-electron chi connectivity index (χ3n) is 4.51. The predicted octanol–water partition coefficient (Wildman–Crippen LogP) is 2.05. The molecule has 1 atom stereocenters. The van der Waals surface area contributed by atoms with E-state index in [1.165, 1.54) is 37.9 Å². The molecule has 0 saturated carbocycles. The first-order valence-electron chi connectivity index (χ1n) is 7.51. The molecular weight excluding hydrogens is 252 g/mol. The quantitative estimate of drug-likeness (QED) is 0.912. The number of carbonyl (C=O) groups is 1. The van der Waals surface area contributed by atoms with Crippen molar-refractivity contribution in [3.05, 3.63) is 35.4 Å². The summed E-state index contributed by atoms with van der Waals surface area (Å²) >= 11 is 0. The van der Waals surface area contributed by atoms with Gasteiger partial charge in [-0.05, 0) is 50.0 Å². The van der Waals surface area contributed by atoms with Crippen LogP contribution in [0.5, 0.6) is 0 Å². The summed E-state index contributed by atoms with van der Waals surface area (Å²) < 4.78 is 0. The van der Waals surface area contributed by atoms with Crippen molar-refractivity contribution in [1.29, 1.82) is 0 Å². The van der Waals surface area contributed by atoms with E-state index in [2.05, 4.69) is 9.80 Å². The van der Waals surface area contributed by atoms with E-state index in [-0.39, 0.29) is 0 Å². The number of benzene rings is 1. The van der Waals surface area contributed by atoms with Gasteiger partial charge in [0.1, 0.15) is 0 Å². The zero-order valence-electron chi connectivity index (χ0n) is 11.8. The molecule has 108 valence electrons. The van der Waals surface area contributed by atoms with Crippen LogP contribution in [-0.4, -0.2) is 53.1 Å². The first-order chi connectivity index (χ1) is 9.72. The highest BCUT2D eigenvalue weighted by atomic mass is 16.4. The number of aromatic carboxylic acids is 1. The third-order valence-corrected chi connectivity index (χ3v) is 4.51. The second-order valence-electron chi connectivity index (χ2n) is 5.92. The Kier molecular flexibility index (Phi) is 4.03. The zero-order valence-corrected chi connectivity index (χ0v) is 11.8. The summed E-state index contributed by atoms with van der Waals surface area (Å²) in [5.41, 5.74) is 1.57. The molecule has 2 heterocycles. The Balaban J connectivity index is 1.54. The summed E-state index contributed by atoms with van der Waals surface area (Å²) in [4.78, 5) is 15.9. The molecule has 2 aliphatic heterocycles. The molecule has 1 aromatic carbocycles. The molecule has 0 aromatic heterocycles. The second kappa shape index (κ2) is 5.94. The maximum atomic E-state index is 10.8. The van der Waals surface area contributed by atoms with Gasteiger partial charge >= 0.3 is 5.97 Å². The lowest BCUT2D eigenvalue weighted by Crippen LogP contribution is -2.35. The smallest absolute Gasteiger partial charge is 0.335 e. The molecule has 3 rings (SSSR count). The molecule has 2 aliphatic rings. The van der Waals surface area contributed by atoms with Gasteiger partial charge in [0.25, 0.3) is 0 Å². The number of carboxylic acids is 1. The van der Waals surface area contributed by atoms with Crippen molar-refractivity contribution in [1.82, 2.24) is 9.80 Å². The molecule has 0 radical (unpaired) electrons. The SMILES string of the molecule is O=C(O)c1ccc(CN2CCC(N3CCCC3)C2)cc1. The fraction of sp³-hybridized carbons (Fsp3) is 0.562. The van der Waals surface area contributed by atoms with Crippen LogP contribution in [0.15, 0.2) is 24.3 Å². The first kappa shape index (κ1) is 13.6. The molecule has 1 unspecified atom stereocenters.